The predicted molar refractivity (Wildman–Crippen MR) is 91.4 cm³/mol. The van der Waals surface area contributed by atoms with Gasteiger partial charge in [-0.05, 0) is 49.8 Å². The summed E-state index contributed by atoms with van der Waals surface area (Å²) in [5.74, 6) is 1.13. The van der Waals surface area contributed by atoms with Gasteiger partial charge in [-0.3, -0.25) is 4.79 Å². The molecule has 0 spiro atoms. The Balaban J connectivity index is 1.43. The quantitative estimate of drug-likeness (QED) is 0.761. The maximum atomic E-state index is 12.8. The molecule has 1 amide bonds. The number of alkyl halides is 3. The lowest BCUT2D eigenvalue weighted by Crippen LogP contribution is -2.39. The predicted octanol–water partition coefficient (Wildman–Crippen LogP) is 4.14. The van der Waals surface area contributed by atoms with Gasteiger partial charge in [-0.25, -0.2) is 0 Å². The van der Waals surface area contributed by atoms with Gasteiger partial charge in [0.05, 0.1) is 12.5 Å². The average molecular weight is 395 g/mol. The zero-order valence-corrected chi connectivity index (χ0v) is 15.1. The van der Waals surface area contributed by atoms with Crippen LogP contribution in [0.5, 0.6) is 5.75 Å². The van der Waals surface area contributed by atoms with Crippen molar-refractivity contribution in [2.75, 3.05) is 6.54 Å². The molecule has 2 aromatic rings. The van der Waals surface area contributed by atoms with E-state index in [1.54, 1.807) is 4.90 Å². The van der Waals surface area contributed by atoms with Crippen LogP contribution in [0.4, 0.5) is 13.2 Å². The Labute approximate surface area is 159 Å². The third kappa shape index (κ3) is 4.45. The fourth-order valence-electron chi connectivity index (χ4n) is 3.46. The number of halogens is 3. The Bertz CT molecular complexity index is 831. The zero-order chi connectivity index (χ0) is 19.7. The van der Waals surface area contributed by atoms with Crippen LogP contribution in [0.3, 0.4) is 0 Å². The van der Waals surface area contributed by atoms with Gasteiger partial charge in [0.15, 0.2) is 5.82 Å². The van der Waals surface area contributed by atoms with E-state index in [2.05, 4.69) is 14.9 Å². The highest BCUT2D eigenvalue weighted by Gasteiger charge is 2.35. The van der Waals surface area contributed by atoms with Crippen molar-refractivity contribution < 1.29 is 27.2 Å². The number of amides is 1. The number of nitrogens with zero attached hydrogens (tertiary/aromatic N) is 3. The van der Waals surface area contributed by atoms with Gasteiger partial charge in [-0.15, -0.1) is 13.2 Å². The molecule has 2 fully saturated rings. The average Bonchev–Trinajstić information content (AvgIpc) is 3.39. The molecule has 0 radical (unpaired) electrons. The molecule has 1 aromatic carbocycles. The molecule has 0 N–H and O–H groups in total. The van der Waals surface area contributed by atoms with Gasteiger partial charge in [0.2, 0.25) is 11.8 Å². The maximum absolute atomic E-state index is 12.8. The molecular formula is C19H20F3N3O3. The largest absolute Gasteiger partial charge is 0.573 e. The van der Waals surface area contributed by atoms with E-state index in [9.17, 15) is 18.0 Å². The van der Waals surface area contributed by atoms with Gasteiger partial charge in [0.25, 0.3) is 0 Å². The van der Waals surface area contributed by atoms with Crippen LogP contribution in [0.15, 0.2) is 28.8 Å². The highest BCUT2D eigenvalue weighted by Crippen LogP contribution is 2.40. The Hall–Kier alpha value is -2.58. The Morgan fingerprint density at radius 3 is 2.61 bits per heavy atom. The second-order valence-corrected chi connectivity index (χ2v) is 7.23. The van der Waals surface area contributed by atoms with Crippen molar-refractivity contribution in [3.05, 3.63) is 41.5 Å². The summed E-state index contributed by atoms with van der Waals surface area (Å²) in [6, 6.07) is 5.15. The van der Waals surface area contributed by atoms with Crippen LogP contribution in [-0.2, 0) is 11.2 Å². The van der Waals surface area contributed by atoms with Crippen molar-refractivity contribution in [1.29, 1.82) is 0 Å². The van der Waals surface area contributed by atoms with E-state index in [1.807, 2.05) is 0 Å². The highest BCUT2D eigenvalue weighted by atomic mass is 19.4. The molecule has 1 unspecified atom stereocenters. The molecule has 1 saturated heterocycles. The molecule has 1 atom stereocenters. The number of rotatable bonds is 5. The molecule has 1 aromatic heterocycles. The zero-order valence-electron chi connectivity index (χ0n) is 15.1. The Morgan fingerprint density at radius 1 is 1.18 bits per heavy atom. The lowest BCUT2D eigenvalue weighted by molar-refractivity contribution is -0.274. The number of carbonyl (C=O) groups is 1. The first-order valence-electron chi connectivity index (χ1n) is 9.37. The molecular weight excluding hydrogens is 375 g/mol. The number of likely N-dealkylation sites (tertiary alicyclic amines) is 1. The van der Waals surface area contributed by atoms with Crippen molar-refractivity contribution in [3.8, 4) is 5.75 Å². The minimum atomic E-state index is -4.73. The number of hydrogen-bond donors (Lipinski definition) is 0. The third-order valence-corrected chi connectivity index (χ3v) is 5.02. The molecule has 0 bridgehead atoms. The Kier molecular flexibility index (Phi) is 4.99. The number of ether oxygens (including phenoxy) is 1. The van der Waals surface area contributed by atoms with Gasteiger partial charge in [0.1, 0.15) is 5.75 Å². The summed E-state index contributed by atoms with van der Waals surface area (Å²) in [6.45, 7) is 0.603. The minimum absolute atomic E-state index is 0.0934. The summed E-state index contributed by atoms with van der Waals surface area (Å²) < 4.78 is 45.9. The lowest BCUT2D eigenvalue weighted by atomic mass is 10.00. The van der Waals surface area contributed by atoms with Crippen LogP contribution in [-0.4, -0.2) is 33.9 Å². The van der Waals surface area contributed by atoms with E-state index >= 15 is 0 Å². The summed E-state index contributed by atoms with van der Waals surface area (Å²) in [4.78, 5) is 19.1. The van der Waals surface area contributed by atoms with Crippen LogP contribution in [0, 0.1) is 0 Å². The van der Waals surface area contributed by atoms with E-state index in [0.717, 1.165) is 32.1 Å². The van der Waals surface area contributed by atoms with Crippen molar-refractivity contribution in [3.63, 3.8) is 0 Å². The van der Waals surface area contributed by atoms with E-state index < -0.39 is 6.36 Å². The molecule has 1 aliphatic heterocycles. The molecule has 4 rings (SSSR count). The fraction of sp³-hybridized carbons (Fsp3) is 0.526. The van der Waals surface area contributed by atoms with Gasteiger partial charge in [0, 0.05) is 12.5 Å². The van der Waals surface area contributed by atoms with Crippen LogP contribution in [0.1, 0.15) is 61.3 Å². The first-order valence-corrected chi connectivity index (χ1v) is 9.37. The molecule has 28 heavy (non-hydrogen) atoms. The lowest BCUT2D eigenvalue weighted by Gasteiger charge is -2.34. The Morgan fingerprint density at radius 2 is 1.93 bits per heavy atom. The van der Waals surface area contributed by atoms with Crippen LogP contribution >= 0.6 is 0 Å². The van der Waals surface area contributed by atoms with E-state index in [1.165, 1.54) is 24.3 Å². The first-order chi connectivity index (χ1) is 13.4. The highest BCUT2D eigenvalue weighted by molar-refractivity contribution is 5.79. The van der Waals surface area contributed by atoms with Crippen LogP contribution < -0.4 is 4.74 Å². The van der Waals surface area contributed by atoms with E-state index in [0.29, 0.717) is 29.7 Å². The fourth-order valence-corrected chi connectivity index (χ4v) is 3.46. The van der Waals surface area contributed by atoms with Gasteiger partial charge in [-0.2, -0.15) is 4.98 Å². The standard InChI is InChI=1S/C19H20F3N3O3/c20-19(21,22)27-14-8-4-12(5-9-14)11-16(26)25-10-2-1-3-15(25)17-23-18(28-24-17)13-6-7-13/h4-5,8-9,13,15H,1-3,6-7,10-11H2. The summed E-state index contributed by atoms with van der Waals surface area (Å²) in [7, 11) is 0. The molecule has 9 heteroatoms. The van der Waals surface area contributed by atoms with Crippen molar-refractivity contribution in [2.45, 2.75) is 56.8 Å². The molecule has 1 aliphatic carbocycles. The molecule has 2 aliphatic rings. The van der Waals surface area contributed by atoms with Crippen LogP contribution in [0.2, 0.25) is 0 Å². The molecule has 1 saturated carbocycles. The molecule has 150 valence electrons. The normalized spacial score (nSPS) is 20.2. The van der Waals surface area contributed by atoms with Gasteiger partial charge in [-0.1, -0.05) is 17.3 Å². The topological polar surface area (TPSA) is 68.5 Å². The van der Waals surface area contributed by atoms with Crippen molar-refractivity contribution >= 4 is 5.91 Å². The summed E-state index contributed by atoms with van der Waals surface area (Å²) in [5, 5.41) is 4.08. The summed E-state index contributed by atoms with van der Waals surface area (Å²) in [5.41, 5.74) is 0.621. The van der Waals surface area contributed by atoms with Gasteiger partial charge < -0.3 is 14.2 Å². The van der Waals surface area contributed by atoms with Crippen LogP contribution in [0.25, 0.3) is 0 Å². The SMILES string of the molecule is O=C(Cc1ccc(OC(F)(F)F)cc1)N1CCCCC1c1noc(C2CC2)n1. The van der Waals surface area contributed by atoms with Crippen molar-refractivity contribution in [1.82, 2.24) is 15.0 Å². The second-order valence-electron chi connectivity index (χ2n) is 7.23. The summed E-state index contributed by atoms with van der Waals surface area (Å²) in [6.07, 6.45) is 0.122. The monoisotopic (exact) mass is 395 g/mol. The number of aromatic nitrogens is 2. The molecule has 2 heterocycles. The minimum Gasteiger partial charge on any atom is -0.406 e. The summed E-state index contributed by atoms with van der Waals surface area (Å²) >= 11 is 0. The third-order valence-electron chi connectivity index (χ3n) is 5.02. The number of carbonyl (C=O) groups excluding carboxylic acids is 1. The number of hydrogen-bond acceptors (Lipinski definition) is 5. The first kappa shape index (κ1) is 18.8. The second kappa shape index (κ2) is 7.44. The number of benzene rings is 1. The maximum Gasteiger partial charge on any atom is 0.573 e. The van der Waals surface area contributed by atoms with Gasteiger partial charge >= 0.3 is 6.36 Å². The van der Waals surface area contributed by atoms with E-state index in [-0.39, 0.29) is 24.1 Å². The van der Waals surface area contributed by atoms with E-state index in [4.69, 9.17) is 4.52 Å². The number of piperidine rings is 1. The smallest absolute Gasteiger partial charge is 0.406 e. The molecule has 6 nitrogen and oxygen atoms in total. The van der Waals surface area contributed by atoms with Crippen molar-refractivity contribution in [2.24, 2.45) is 0 Å².